The van der Waals surface area contributed by atoms with E-state index >= 15 is 0 Å². The normalized spacial score (nSPS) is 17.6. The highest BCUT2D eigenvalue weighted by molar-refractivity contribution is 6.08. The molecule has 2 atom stereocenters. The SMILES string of the molecule is CC(=O)N([C@H](CC(=O)O)c1ccccc1)N1C(=O)N(Cc2ccccc2)[C@](C)(c2ccc(C=NN)cc2)C1=O.Cl. The molecule has 3 N–H and O–H groups in total. The maximum atomic E-state index is 14.3. The van der Waals surface area contributed by atoms with Gasteiger partial charge in [0.25, 0.3) is 5.91 Å². The fraction of sp³-hybridized carbons (Fsp3) is 0.207. The van der Waals surface area contributed by atoms with Crippen LogP contribution in [-0.2, 0) is 26.5 Å². The third-order valence-corrected chi connectivity index (χ3v) is 6.83. The van der Waals surface area contributed by atoms with Gasteiger partial charge in [-0.1, -0.05) is 84.9 Å². The van der Waals surface area contributed by atoms with Gasteiger partial charge in [-0.2, -0.15) is 10.1 Å². The quantitative estimate of drug-likeness (QED) is 0.174. The monoisotopic (exact) mass is 563 g/mol. The van der Waals surface area contributed by atoms with Gasteiger partial charge in [-0.3, -0.25) is 19.3 Å². The number of nitrogens with two attached hydrogens (primary N) is 1. The molecule has 3 aromatic rings. The molecule has 0 aliphatic carbocycles. The molecule has 1 heterocycles. The lowest BCUT2D eigenvalue weighted by Crippen LogP contribution is -2.52. The van der Waals surface area contributed by atoms with Crippen LogP contribution in [-0.4, -0.2) is 50.1 Å². The van der Waals surface area contributed by atoms with E-state index in [1.807, 2.05) is 30.3 Å². The van der Waals surface area contributed by atoms with E-state index in [1.165, 1.54) is 18.0 Å². The van der Waals surface area contributed by atoms with Crippen LogP contribution in [0.1, 0.15) is 48.6 Å². The summed E-state index contributed by atoms with van der Waals surface area (Å²) in [7, 11) is 0. The highest BCUT2D eigenvalue weighted by Gasteiger charge is 2.58. The number of hydrazine groups is 1. The Morgan fingerprint density at radius 3 is 2.10 bits per heavy atom. The van der Waals surface area contributed by atoms with E-state index in [-0.39, 0.29) is 19.0 Å². The fourth-order valence-corrected chi connectivity index (χ4v) is 4.84. The van der Waals surface area contributed by atoms with Gasteiger partial charge < -0.3 is 10.9 Å². The molecule has 4 rings (SSSR count). The second-order valence-electron chi connectivity index (χ2n) is 9.33. The molecule has 0 radical (unpaired) electrons. The molecule has 0 unspecified atom stereocenters. The zero-order valence-electron chi connectivity index (χ0n) is 22.0. The van der Waals surface area contributed by atoms with Crippen molar-refractivity contribution in [1.29, 1.82) is 0 Å². The van der Waals surface area contributed by atoms with Gasteiger partial charge in [0, 0.05) is 13.5 Å². The van der Waals surface area contributed by atoms with E-state index in [9.17, 15) is 24.3 Å². The smallest absolute Gasteiger partial charge is 0.347 e. The van der Waals surface area contributed by atoms with Gasteiger partial charge in [-0.05, 0) is 29.2 Å². The van der Waals surface area contributed by atoms with E-state index in [0.29, 0.717) is 16.7 Å². The van der Waals surface area contributed by atoms with Crippen molar-refractivity contribution in [3.8, 4) is 0 Å². The molecule has 0 aromatic heterocycles. The van der Waals surface area contributed by atoms with Crippen LogP contribution in [0.2, 0.25) is 0 Å². The molecular weight excluding hydrogens is 534 g/mol. The van der Waals surface area contributed by atoms with Gasteiger partial charge in [0.05, 0.1) is 18.7 Å². The van der Waals surface area contributed by atoms with Crippen LogP contribution < -0.4 is 5.84 Å². The van der Waals surface area contributed by atoms with Crippen molar-refractivity contribution in [2.75, 3.05) is 0 Å². The number of imide groups is 1. The molecular formula is C29H30ClN5O5. The number of hydrogen-bond acceptors (Lipinski definition) is 6. The molecule has 3 aromatic carbocycles. The Balaban J connectivity index is 0.00000441. The zero-order valence-corrected chi connectivity index (χ0v) is 22.8. The van der Waals surface area contributed by atoms with Crippen LogP contribution in [0.4, 0.5) is 4.79 Å². The summed E-state index contributed by atoms with van der Waals surface area (Å²) in [6.07, 6.45) is 0.943. The largest absolute Gasteiger partial charge is 0.481 e. The Hall–Kier alpha value is -4.70. The summed E-state index contributed by atoms with van der Waals surface area (Å²) in [5.74, 6) is 2.75. The molecule has 40 heavy (non-hydrogen) atoms. The molecule has 0 spiro atoms. The minimum atomic E-state index is -1.51. The van der Waals surface area contributed by atoms with E-state index < -0.39 is 41.8 Å². The summed E-state index contributed by atoms with van der Waals surface area (Å²) in [6, 6.07) is 22.7. The molecule has 1 aliphatic heterocycles. The second kappa shape index (κ2) is 12.4. The number of amides is 4. The van der Waals surface area contributed by atoms with Crippen molar-refractivity contribution in [3.05, 3.63) is 107 Å². The minimum Gasteiger partial charge on any atom is -0.481 e. The summed E-state index contributed by atoms with van der Waals surface area (Å²) in [5.41, 5.74) is 0.946. The predicted octanol–water partition coefficient (Wildman–Crippen LogP) is 4.06. The third kappa shape index (κ3) is 5.67. The Labute approximate surface area is 238 Å². The number of hydrogen-bond donors (Lipinski definition) is 2. The number of aliphatic carboxylic acids is 1. The predicted molar refractivity (Wildman–Crippen MR) is 151 cm³/mol. The number of carboxylic acid groups (broad SMARTS) is 1. The number of nitrogens with zero attached hydrogens (tertiary/aromatic N) is 4. The lowest BCUT2D eigenvalue weighted by Gasteiger charge is -2.35. The number of hydrazone groups is 1. The van der Waals surface area contributed by atoms with Gasteiger partial charge in [0.2, 0.25) is 5.91 Å². The van der Waals surface area contributed by atoms with Crippen LogP contribution in [0.25, 0.3) is 0 Å². The van der Waals surface area contributed by atoms with Crippen LogP contribution in [0.5, 0.6) is 0 Å². The highest BCUT2D eigenvalue weighted by Crippen LogP contribution is 2.41. The Morgan fingerprint density at radius 2 is 1.57 bits per heavy atom. The average Bonchev–Trinajstić information content (AvgIpc) is 3.11. The van der Waals surface area contributed by atoms with Crippen molar-refractivity contribution in [3.63, 3.8) is 0 Å². The first-order chi connectivity index (χ1) is 18.7. The molecule has 10 nitrogen and oxygen atoms in total. The van der Waals surface area contributed by atoms with Gasteiger partial charge in [-0.15, -0.1) is 12.4 Å². The van der Waals surface area contributed by atoms with Crippen molar-refractivity contribution >= 4 is 42.4 Å². The third-order valence-electron chi connectivity index (χ3n) is 6.83. The molecule has 1 fully saturated rings. The van der Waals surface area contributed by atoms with E-state index in [4.69, 9.17) is 5.84 Å². The summed E-state index contributed by atoms with van der Waals surface area (Å²) in [4.78, 5) is 54.7. The van der Waals surface area contributed by atoms with Crippen molar-refractivity contribution in [2.24, 2.45) is 10.9 Å². The average molecular weight is 564 g/mol. The van der Waals surface area contributed by atoms with Crippen LogP contribution in [0.15, 0.2) is 90.0 Å². The molecule has 11 heteroatoms. The van der Waals surface area contributed by atoms with Gasteiger partial charge in [0.15, 0.2) is 0 Å². The number of carboxylic acids is 1. The number of urea groups is 1. The van der Waals surface area contributed by atoms with Crippen LogP contribution in [0, 0.1) is 0 Å². The molecule has 0 saturated carbocycles. The van der Waals surface area contributed by atoms with Crippen LogP contribution in [0.3, 0.4) is 0 Å². The number of rotatable bonds is 9. The Kier molecular flexibility index (Phi) is 9.28. The number of benzene rings is 3. The zero-order chi connectivity index (χ0) is 28.2. The molecule has 208 valence electrons. The van der Waals surface area contributed by atoms with Crippen LogP contribution >= 0.6 is 12.4 Å². The summed E-state index contributed by atoms with van der Waals surface area (Å²) in [6.45, 7) is 2.90. The molecule has 1 saturated heterocycles. The topological polar surface area (TPSA) is 137 Å². The minimum absolute atomic E-state index is 0. The fourth-order valence-electron chi connectivity index (χ4n) is 4.84. The molecule has 0 bridgehead atoms. The summed E-state index contributed by atoms with van der Waals surface area (Å²) < 4.78 is 0. The first-order valence-corrected chi connectivity index (χ1v) is 12.3. The van der Waals surface area contributed by atoms with Crippen molar-refractivity contribution in [1.82, 2.24) is 14.9 Å². The number of halogens is 1. The van der Waals surface area contributed by atoms with Gasteiger partial charge in [-0.25, -0.2) is 9.80 Å². The van der Waals surface area contributed by atoms with E-state index in [1.54, 1.807) is 61.5 Å². The molecule has 4 amide bonds. The lowest BCUT2D eigenvalue weighted by molar-refractivity contribution is -0.162. The summed E-state index contributed by atoms with van der Waals surface area (Å²) in [5, 5.41) is 15.0. The second-order valence-corrected chi connectivity index (χ2v) is 9.33. The van der Waals surface area contributed by atoms with Crippen molar-refractivity contribution < 1.29 is 24.3 Å². The standard InChI is InChI=1S/C29H29N5O5.ClH/c1-20(35)33(25(17-26(36)37)23-11-7-4-8-12-23)34-27(38)29(2,24-15-13-21(14-16-24)18-31-30)32(28(34)39)19-22-9-5-3-6-10-22;/h3-16,18,25H,17,19,30H2,1-2H3,(H,36,37);1H/t25-,29-;/m1./s1. The Morgan fingerprint density at radius 1 is 1.00 bits per heavy atom. The number of carbonyl (C=O) groups excluding carboxylic acids is 3. The number of carbonyl (C=O) groups is 4. The van der Waals surface area contributed by atoms with E-state index in [0.717, 1.165) is 15.6 Å². The van der Waals surface area contributed by atoms with Crippen molar-refractivity contribution in [2.45, 2.75) is 38.4 Å². The first kappa shape index (κ1) is 29.9. The molecule has 1 aliphatic rings. The Bertz CT molecular complexity index is 1400. The maximum Gasteiger partial charge on any atom is 0.347 e. The van der Waals surface area contributed by atoms with E-state index in [2.05, 4.69) is 5.10 Å². The van der Waals surface area contributed by atoms with Gasteiger partial charge in [0.1, 0.15) is 5.54 Å². The first-order valence-electron chi connectivity index (χ1n) is 12.3. The highest BCUT2D eigenvalue weighted by atomic mass is 35.5. The maximum absolute atomic E-state index is 14.3. The summed E-state index contributed by atoms with van der Waals surface area (Å²) >= 11 is 0. The van der Waals surface area contributed by atoms with Gasteiger partial charge >= 0.3 is 12.0 Å². The lowest BCUT2D eigenvalue weighted by atomic mass is 9.89.